The third-order valence-electron chi connectivity index (χ3n) is 8.36. The number of esters is 1. The fraction of sp³-hybridized carbons (Fsp3) is 0.562. The van der Waals surface area contributed by atoms with E-state index in [1.165, 1.54) is 12.8 Å². The second-order valence-corrected chi connectivity index (χ2v) is 19.1. The summed E-state index contributed by atoms with van der Waals surface area (Å²) in [6.07, 6.45) is 4.50. The number of benzene rings is 2. The van der Waals surface area contributed by atoms with Crippen LogP contribution >= 0.6 is 27.3 Å². The molecular weight excluding hydrogens is 634 g/mol. The SMILES string of the molecule is CCOC(=O)c1cc(OC)cc2sc(C[C@H](OC3CCCC3)[C@H](O[Si](C)(C)C(C)(C)C)c3ccc(Br)c(OC)c3)nc12. The van der Waals surface area contributed by atoms with Crippen LogP contribution in [0.5, 0.6) is 11.5 Å². The van der Waals surface area contributed by atoms with Gasteiger partial charge >= 0.3 is 5.97 Å². The Morgan fingerprint density at radius 3 is 2.45 bits per heavy atom. The molecule has 1 saturated carbocycles. The van der Waals surface area contributed by atoms with Gasteiger partial charge in [-0.25, -0.2) is 9.78 Å². The van der Waals surface area contributed by atoms with Crippen molar-refractivity contribution in [3.8, 4) is 11.5 Å². The monoisotopic (exact) mass is 677 g/mol. The lowest BCUT2D eigenvalue weighted by Gasteiger charge is -2.42. The molecule has 2 atom stereocenters. The van der Waals surface area contributed by atoms with Gasteiger partial charge in [0.15, 0.2) is 8.32 Å². The predicted octanol–water partition coefficient (Wildman–Crippen LogP) is 8.89. The van der Waals surface area contributed by atoms with Gasteiger partial charge in [0.05, 0.1) is 64.4 Å². The highest BCUT2D eigenvalue weighted by atomic mass is 79.9. The molecule has 0 bridgehead atoms. The Bertz CT molecular complexity index is 1380. The van der Waals surface area contributed by atoms with E-state index in [2.05, 4.69) is 61.9 Å². The van der Waals surface area contributed by atoms with Gasteiger partial charge < -0.3 is 23.4 Å². The van der Waals surface area contributed by atoms with Crippen molar-refractivity contribution in [3.63, 3.8) is 0 Å². The topological polar surface area (TPSA) is 76.1 Å². The molecule has 1 aromatic heterocycles. The molecule has 1 fully saturated rings. The molecule has 3 aromatic rings. The van der Waals surface area contributed by atoms with Crippen LogP contribution in [0.3, 0.4) is 0 Å². The minimum Gasteiger partial charge on any atom is -0.497 e. The minimum absolute atomic E-state index is 0.00354. The fourth-order valence-corrected chi connectivity index (χ4v) is 7.75. The number of carbonyl (C=O) groups excluding carboxylic acids is 1. The summed E-state index contributed by atoms with van der Waals surface area (Å²) in [5.41, 5.74) is 2.05. The summed E-state index contributed by atoms with van der Waals surface area (Å²) in [5, 5.41) is 0.878. The van der Waals surface area contributed by atoms with E-state index in [9.17, 15) is 4.79 Å². The molecule has 7 nitrogen and oxygen atoms in total. The second kappa shape index (κ2) is 13.8. The van der Waals surface area contributed by atoms with Crippen LogP contribution in [0.2, 0.25) is 18.1 Å². The van der Waals surface area contributed by atoms with Gasteiger partial charge in [-0.1, -0.05) is 39.7 Å². The molecule has 0 radical (unpaired) electrons. The average molecular weight is 679 g/mol. The Balaban J connectivity index is 1.81. The standard InChI is InChI=1S/C32H44BrNO6SSi/c1-9-38-31(35)23-17-22(36-5)18-27-29(23)34-28(41-27)19-26(39-21-12-10-11-13-21)30(40-42(7,8)32(2,3)4)20-14-15-24(33)25(16-20)37-6/h14-18,21,26,30H,9-13,19H2,1-8H3/t26-,30+/m0/s1. The smallest absolute Gasteiger partial charge is 0.340 e. The minimum atomic E-state index is -2.23. The Kier molecular flexibility index (Phi) is 10.8. The Morgan fingerprint density at radius 2 is 1.83 bits per heavy atom. The maximum Gasteiger partial charge on any atom is 0.340 e. The number of carbonyl (C=O) groups is 1. The molecule has 1 aliphatic rings. The molecule has 42 heavy (non-hydrogen) atoms. The first-order valence-electron chi connectivity index (χ1n) is 14.7. The third-order valence-corrected chi connectivity index (χ3v) is 14.5. The van der Waals surface area contributed by atoms with Crippen molar-refractivity contribution in [2.75, 3.05) is 20.8 Å². The predicted molar refractivity (Wildman–Crippen MR) is 175 cm³/mol. The van der Waals surface area contributed by atoms with E-state index in [0.717, 1.165) is 38.3 Å². The van der Waals surface area contributed by atoms with Crippen LogP contribution in [0.25, 0.3) is 10.2 Å². The van der Waals surface area contributed by atoms with Crippen molar-refractivity contribution in [1.82, 2.24) is 4.98 Å². The molecule has 0 N–H and O–H groups in total. The Hall–Kier alpha value is -1.98. The molecule has 1 heterocycles. The summed E-state index contributed by atoms with van der Waals surface area (Å²) in [7, 11) is 1.04. The van der Waals surface area contributed by atoms with Gasteiger partial charge in [-0.05, 0) is 83.7 Å². The molecule has 0 saturated heterocycles. The highest BCUT2D eigenvalue weighted by molar-refractivity contribution is 9.10. The highest BCUT2D eigenvalue weighted by Gasteiger charge is 2.42. The number of hydrogen-bond acceptors (Lipinski definition) is 8. The van der Waals surface area contributed by atoms with Gasteiger partial charge in [0.25, 0.3) is 0 Å². The summed E-state index contributed by atoms with van der Waals surface area (Å²) in [4.78, 5) is 17.8. The van der Waals surface area contributed by atoms with Crippen LogP contribution in [0.1, 0.15) is 80.4 Å². The summed E-state index contributed by atoms with van der Waals surface area (Å²) in [6.45, 7) is 13.4. The van der Waals surface area contributed by atoms with Gasteiger partial charge in [0.2, 0.25) is 0 Å². The molecule has 10 heteroatoms. The quantitative estimate of drug-likeness (QED) is 0.140. The van der Waals surface area contributed by atoms with E-state index in [-0.39, 0.29) is 30.0 Å². The number of halogens is 1. The number of ether oxygens (including phenoxy) is 4. The number of rotatable bonds is 12. The Labute approximate surface area is 263 Å². The average Bonchev–Trinajstić information content (AvgIpc) is 3.60. The van der Waals surface area contributed by atoms with Crippen LogP contribution < -0.4 is 9.47 Å². The van der Waals surface area contributed by atoms with Crippen LogP contribution in [0, 0.1) is 0 Å². The van der Waals surface area contributed by atoms with Crippen molar-refractivity contribution >= 4 is 51.8 Å². The first-order chi connectivity index (χ1) is 19.9. The fourth-order valence-electron chi connectivity index (χ4n) is 5.00. The van der Waals surface area contributed by atoms with Gasteiger partial charge in [0, 0.05) is 6.42 Å². The van der Waals surface area contributed by atoms with Crippen LogP contribution in [-0.4, -0.2) is 52.3 Å². The molecule has 0 unspecified atom stereocenters. The van der Waals surface area contributed by atoms with Crippen molar-refractivity contribution in [2.45, 2.75) is 96.2 Å². The van der Waals surface area contributed by atoms with Gasteiger partial charge in [-0.15, -0.1) is 11.3 Å². The first kappa shape index (κ1) is 32.9. The Morgan fingerprint density at radius 1 is 1.12 bits per heavy atom. The maximum atomic E-state index is 12.9. The van der Waals surface area contributed by atoms with Gasteiger partial charge in [-0.2, -0.15) is 0 Å². The molecular formula is C32H44BrNO6SSi. The molecule has 4 rings (SSSR count). The molecule has 1 aliphatic carbocycles. The van der Waals surface area contributed by atoms with Crippen LogP contribution in [0.15, 0.2) is 34.8 Å². The van der Waals surface area contributed by atoms with E-state index in [1.807, 2.05) is 12.1 Å². The maximum absolute atomic E-state index is 12.9. The van der Waals surface area contributed by atoms with E-state index in [1.54, 1.807) is 38.5 Å². The van der Waals surface area contributed by atoms with E-state index in [4.69, 9.17) is 28.4 Å². The summed E-state index contributed by atoms with van der Waals surface area (Å²) >= 11 is 5.16. The zero-order valence-corrected chi connectivity index (χ0v) is 29.4. The largest absolute Gasteiger partial charge is 0.497 e. The van der Waals surface area contributed by atoms with Crippen molar-refractivity contribution < 1.29 is 28.2 Å². The molecule has 2 aromatic carbocycles. The number of methoxy groups -OCH3 is 2. The lowest BCUT2D eigenvalue weighted by molar-refractivity contribution is -0.0704. The normalized spacial score (nSPS) is 16.0. The summed E-state index contributed by atoms with van der Waals surface area (Å²) in [5.74, 6) is 0.945. The van der Waals surface area contributed by atoms with E-state index < -0.39 is 14.3 Å². The molecule has 0 spiro atoms. The second-order valence-electron chi connectivity index (χ2n) is 12.3. The number of fused-ring (bicyclic) bond motifs is 1. The lowest BCUT2D eigenvalue weighted by atomic mass is 10.0. The highest BCUT2D eigenvalue weighted by Crippen LogP contribution is 2.43. The third kappa shape index (κ3) is 7.56. The van der Waals surface area contributed by atoms with E-state index >= 15 is 0 Å². The molecule has 0 aliphatic heterocycles. The first-order valence-corrected chi connectivity index (χ1v) is 19.2. The van der Waals surface area contributed by atoms with Gasteiger partial charge in [-0.3, -0.25) is 0 Å². The summed E-state index contributed by atoms with van der Waals surface area (Å²) < 4.78 is 32.4. The van der Waals surface area contributed by atoms with Crippen molar-refractivity contribution in [2.24, 2.45) is 0 Å². The van der Waals surface area contributed by atoms with E-state index in [0.29, 0.717) is 23.3 Å². The van der Waals surface area contributed by atoms with Crippen molar-refractivity contribution in [1.29, 1.82) is 0 Å². The number of aromatic nitrogens is 1. The summed E-state index contributed by atoms with van der Waals surface area (Å²) in [6, 6.07) is 9.79. The van der Waals surface area contributed by atoms with Crippen LogP contribution in [-0.2, 0) is 20.3 Å². The van der Waals surface area contributed by atoms with Gasteiger partial charge in [0.1, 0.15) is 11.5 Å². The lowest BCUT2D eigenvalue weighted by Crippen LogP contribution is -2.45. The zero-order chi connectivity index (χ0) is 30.7. The number of hydrogen-bond donors (Lipinski definition) is 0. The molecule has 230 valence electrons. The number of thiazole rings is 1. The van der Waals surface area contributed by atoms with Crippen molar-refractivity contribution in [3.05, 3.63) is 50.9 Å². The zero-order valence-electron chi connectivity index (χ0n) is 26.0. The number of nitrogens with zero attached hydrogens (tertiary/aromatic N) is 1. The van der Waals surface area contributed by atoms with Crippen LogP contribution in [0.4, 0.5) is 0 Å². The molecule has 0 amide bonds.